The largest absolute Gasteiger partial charge is 0.461 e. The quantitative estimate of drug-likeness (QED) is 0.793. The first-order chi connectivity index (χ1) is 11.2. The summed E-state index contributed by atoms with van der Waals surface area (Å²) in [5.41, 5.74) is 1.44. The molecule has 0 bridgehead atoms. The van der Waals surface area contributed by atoms with Crippen LogP contribution in [0.4, 0.5) is 4.39 Å². The van der Waals surface area contributed by atoms with Crippen molar-refractivity contribution in [2.75, 3.05) is 6.61 Å². The first-order valence-electron chi connectivity index (χ1n) is 7.34. The molecule has 23 heavy (non-hydrogen) atoms. The van der Waals surface area contributed by atoms with E-state index in [0.717, 1.165) is 0 Å². The van der Waals surface area contributed by atoms with E-state index in [4.69, 9.17) is 9.26 Å². The molecule has 1 aliphatic heterocycles. The fourth-order valence-corrected chi connectivity index (χ4v) is 2.49. The van der Waals surface area contributed by atoms with Crippen LogP contribution < -0.4 is 0 Å². The fraction of sp³-hybridized carbons (Fsp3) is 0.312. The number of aromatic nitrogens is 1. The molecule has 0 saturated carbocycles. The molecule has 0 aliphatic carbocycles. The molecular formula is C16H16FN3O3. The number of esters is 1. The summed E-state index contributed by atoms with van der Waals surface area (Å²) in [5.74, 6) is -0.775. The molecule has 1 aliphatic rings. The molecule has 2 heterocycles. The Hall–Kier alpha value is -2.70. The van der Waals surface area contributed by atoms with Crippen LogP contribution in [0.5, 0.6) is 0 Å². The Bertz CT molecular complexity index is 715. The minimum absolute atomic E-state index is 0.229. The summed E-state index contributed by atoms with van der Waals surface area (Å²) in [4.78, 5) is 11.9. The SMILES string of the molecule is CCOC(=O)C1=NN(Cc2ccccc2F)C(c2ccon2)C1. The molecule has 7 heteroatoms. The van der Waals surface area contributed by atoms with Crippen molar-refractivity contribution in [1.82, 2.24) is 10.2 Å². The molecule has 1 atom stereocenters. The number of hydrazone groups is 1. The third-order valence-electron chi connectivity index (χ3n) is 3.60. The Morgan fingerprint density at radius 2 is 2.26 bits per heavy atom. The Morgan fingerprint density at radius 1 is 1.43 bits per heavy atom. The van der Waals surface area contributed by atoms with E-state index in [1.54, 1.807) is 36.2 Å². The predicted octanol–water partition coefficient (Wildman–Crippen LogP) is 2.68. The summed E-state index contributed by atoms with van der Waals surface area (Å²) >= 11 is 0. The molecule has 1 aromatic carbocycles. The lowest BCUT2D eigenvalue weighted by atomic mass is 10.1. The van der Waals surface area contributed by atoms with Gasteiger partial charge in [-0.15, -0.1) is 0 Å². The summed E-state index contributed by atoms with van der Waals surface area (Å²) in [6.45, 7) is 2.24. The molecule has 0 radical (unpaired) electrons. The van der Waals surface area contributed by atoms with E-state index < -0.39 is 5.97 Å². The third kappa shape index (κ3) is 3.23. The molecule has 0 amide bonds. The zero-order valence-corrected chi connectivity index (χ0v) is 12.6. The summed E-state index contributed by atoms with van der Waals surface area (Å²) in [6.07, 6.45) is 1.80. The zero-order valence-electron chi connectivity index (χ0n) is 12.6. The van der Waals surface area contributed by atoms with Crippen molar-refractivity contribution in [1.29, 1.82) is 0 Å². The van der Waals surface area contributed by atoms with Crippen molar-refractivity contribution in [2.45, 2.75) is 25.9 Å². The van der Waals surface area contributed by atoms with Crippen LogP contribution in [0, 0.1) is 5.82 Å². The Kier molecular flexibility index (Phi) is 4.36. The van der Waals surface area contributed by atoms with E-state index in [2.05, 4.69) is 10.3 Å². The summed E-state index contributed by atoms with van der Waals surface area (Å²) in [7, 11) is 0. The minimum Gasteiger partial charge on any atom is -0.461 e. The van der Waals surface area contributed by atoms with Gasteiger partial charge in [-0.05, 0) is 13.0 Å². The second kappa shape index (κ2) is 6.60. The van der Waals surface area contributed by atoms with E-state index >= 15 is 0 Å². The zero-order chi connectivity index (χ0) is 16.2. The predicted molar refractivity (Wildman–Crippen MR) is 79.9 cm³/mol. The normalized spacial score (nSPS) is 17.2. The van der Waals surface area contributed by atoms with E-state index in [1.165, 1.54) is 12.3 Å². The van der Waals surface area contributed by atoms with E-state index in [1.807, 2.05) is 0 Å². The van der Waals surface area contributed by atoms with Gasteiger partial charge >= 0.3 is 5.97 Å². The monoisotopic (exact) mass is 317 g/mol. The van der Waals surface area contributed by atoms with Crippen LogP contribution in [0.15, 0.2) is 46.2 Å². The molecule has 1 aromatic heterocycles. The first-order valence-corrected chi connectivity index (χ1v) is 7.34. The second-order valence-electron chi connectivity index (χ2n) is 5.10. The van der Waals surface area contributed by atoms with Crippen molar-refractivity contribution < 1.29 is 18.4 Å². The Morgan fingerprint density at radius 3 is 2.96 bits per heavy atom. The number of carbonyl (C=O) groups is 1. The van der Waals surface area contributed by atoms with Crippen molar-refractivity contribution in [3.8, 4) is 0 Å². The number of carbonyl (C=O) groups excluding carboxylic acids is 1. The van der Waals surface area contributed by atoms with Gasteiger partial charge < -0.3 is 9.26 Å². The molecule has 1 unspecified atom stereocenters. The van der Waals surface area contributed by atoms with Crippen LogP contribution in [0.1, 0.15) is 30.6 Å². The van der Waals surface area contributed by atoms with Gasteiger partial charge in [0.2, 0.25) is 0 Å². The number of ether oxygens (including phenoxy) is 1. The molecule has 0 spiro atoms. The number of hydrogen-bond donors (Lipinski definition) is 0. The lowest BCUT2D eigenvalue weighted by Gasteiger charge is -2.21. The highest BCUT2D eigenvalue weighted by atomic mass is 19.1. The maximum absolute atomic E-state index is 13.9. The van der Waals surface area contributed by atoms with Gasteiger partial charge in [-0.3, -0.25) is 5.01 Å². The van der Waals surface area contributed by atoms with Gasteiger partial charge in [-0.2, -0.15) is 5.10 Å². The summed E-state index contributed by atoms with van der Waals surface area (Å²) < 4.78 is 23.8. The minimum atomic E-state index is -0.461. The van der Waals surface area contributed by atoms with Gasteiger partial charge in [0.05, 0.1) is 19.2 Å². The second-order valence-corrected chi connectivity index (χ2v) is 5.10. The lowest BCUT2D eigenvalue weighted by Crippen LogP contribution is -2.20. The summed E-state index contributed by atoms with van der Waals surface area (Å²) in [5, 5.41) is 9.87. The molecule has 6 nitrogen and oxygen atoms in total. The average Bonchev–Trinajstić information content (AvgIpc) is 3.19. The van der Waals surface area contributed by atoms with Crippen molar-refractivity contribution in [3.05, 3.63) is 53.7 Å². The highest BCUT2D eigenvalue weighted by Crippen LogP contribution is 2.31. The van der Waals surface area contributed by atoms with Gasteiger partial charge in [0.15, 0.2) is 0 Å². The molecule has 120 valence electrons. The molecule has 0 N–H and O–H groups in total. The number of halogens is 1. The van der Waals surface area contributed by atoms with E-state index in [0.29, 0.717) is 23.4 Å². The molecular weight excluding hydrogens is 301 g/mol. The van der Waals surface area contributed by atoms with Crippen LogP contribution in [-0.2, 0) is 16.1 Å². The Labute approximate surface area is 132 Å². The first kappa shape index (κ1) is 15.2. The van der Waals surface area contributed by atoms with Crippen molar-refractivity contribution in [3.63, 3.8) is 0 Å². The van der Waals surface area contributed by atoms with E-state index in [9.17, 15) is 9.18 Å². The summed E-state index contributed by atoms with van der Waals surface area (Å²) in [6, 6.07) is 7.90. The van der Waals surface area contributed by atoms with Gasteiger partial charge in [0.1, 0.15) is 23.5 Å². The molecule has 2 aromatic rings. The highest BCUT2D eigenvalue weighted by molar-refractivity contribution is 6.36. The molecule has 3 rings (SSSR count). The smallest absolute Gasteiger partial charge is 0.354 e. The lowest BCUT2D eigenvalue weighted by molar-refractivity contribution is -0.135. The van der Waals surface area contributed by atoms with Crippen LogP contribution in [0.2, 0.25) is 0 Å². The number of benzene rings is 1. The highest BCUT2D eigenvalue weighted by Gasteiger charge is 2.34. The number of rotatable bonds is 5. The van der Waals surface area contributed by atoms with Crippen molar-refractivity contribution in [2.24, 2.45) is 5.10 Å². The maximum atomic E-state index is 13.9. The molecule has 0 fully saturated rings. The Balaban J connectivity index is 1.86. The fourth-order valence-electron chi connectivity index (χ4n) is 2.49. The van der Waals surface area contributed by atoms with Gasteiger partial charge in [0, 0.05) is 18.1 Å². The van der Waals surface area contributed by atoms with Gasteiger partial charge in [-0.25, -0.2) is 9.18 Å². The van der Waals surface area contributed by atoms with Crippen LogP contribution in [0.3, 0.4) is 0 Å². The topological polar surface area (TPSA) is 67.9 Å². The van der Waals surface area contributed by atoms with Gasteiger partial charge in [0.25, 0.3) is 0 Å². The van der Waals surface area contributed by atoms with Crippen LogP contribution in [0.25, 0.3) is 0 Å². The number of nitrogens with zero attached hydrogens (tertiary/aromatic N) is 3. The third-order valence-corrected chi connectivity index (χ3v) is 3.60. The van der Waals surface area contributed by atoms with Gasteiger partial charge in [-0.1, -0.05) is 23.4 Å². The van der Waals surface area contributed by atoms with Crippen molar-refractivity contribution >= 4 is 11.7 Å². The molecule has 0 saturated heterocycles. The van der Waals surface area contributed by atoms with Crippen LogP contribution >= 0.6 is 0 Å². The number of hydrogen-bond acceptors (Lipinski definition) is 6. The standard InChI is InChI=1S/C16H16FN3O3/c1-2-22-16(21)14-9-15(13-7-8-23-19-13)20(18-14)10-11-5-3-4-6-12(11)17/h3-8,15H,2,9-10H2,1H3. The van der Waals surface area contributed by atoms with Crippen LogP contribution in [-0.4, -0.2) is 28.5 Å². The maximum Gasteiger partial charge on any atom is 0.354 e. The van der Waals surface area contributed by atoms with E-state index in [-0.39, 0.29) is 25.0 Å². The average molecular weight is 317 g/mol.